The lowest BCUT2D eigenvalue weighted by Gasteiger charge is -2.15. The van der Waals surface area contributed by atoms with Crippen molar-refractivity contribution in [2.24, 2.45) is 0 Å². The van der Waals surface area contributed by atoms with Crippen molar-refractivity contribution >= 4 is 11.6 Å². The third kappa shape index (κ3) is 3.82. The van der Waals surface area contributed by atoms with Crippen molar-refractivity contribution in [3.05, 3.63) is 53.1 Å². The summed E-state index contributed by atoms with van der Waals surface area (Å²) in [4.78, 5) is 4.17. The highest BCUT2D eigenvalue weighted by Crippen LogP contribution is 2.16. The van der Waals surface area contributed by atoms with E-state index in [9.17, 15) is 0 Å². The van der Waals surface area contributed by atoms with Crippen LogP contribution < -0.4 is 5.32 Å². The molecule has 0 bridgehead atoms. The standard InChI is InChI=1S/C15H20ClN3/c1-3-19-11-17-9-14(19)10-18-12(2)8-13-6-4-5-7-15(13)16/h4-7,9,11-12,18H,3,8,10H2,1-2H3. The topological polar surface area (TPSA) is 29.9 Å². The van der Waals surface area contributed by atoms with Crippen molar-refractivity contribution in [3.8, 4) is 0 Å². The fourth-order valence-corrected chi connectivity index (χ4v) is 2.34. The molecule has 0 spiro atoms. The molecule has 0 saturated carbocycles. The molecule has 0 radical (unpaired) electrons. The lowest BCUT2D eigenvalue weighted by atomic mass is 10.1. The van der Waals surface area contributed by atoms with Crippen LogP contribution in [0.1, 0.15) is 25.1 Å². The maximum Gasteiger partial charge on any atom is 0.0948 e. The third-order valence-corrected chi connectivity index (χ3v) is 3.62. The Hall–Kier alpha value is -1.32. The van der Waals surface area contributed by atoms with Gasteiger partial charge >= 0.3 is 0 Å². The Morgan fingerprint density at radius 1 is 1.37 bits per heavy atom. The van der Waals surface area contributed by atoms with Gasteiger partial charge in [-0.25, -0.2) is 4.98 Å². The molecule has 1 N–H and O–H groups in total. The molecular weight excluding hydrogens is 258 g/mol. The lowest BCUT2D eigenvalue weighted by molar-refractivity contribution is 0.527. The number of nitrogens with one attached hydrogen (secondary N) is 1. The molecule has 19 heavy (non-hydrogen) atoms. The molecule has 0 fully saturated rings. The summed E-state index contributed by atoms with van der Waals surface area (Å²) in [5, 5.41) is 4.36. The van der Waals surface area contributed by atoms with E-state index < -0.39 is 0 Å². The number of benzene rings is 1. The Kier molecular flexibility index (Phi) is 5.00. The van der Waals surface area contributed by atoms with Crippen LogP contribution in [0, 0.1) is 0 Å². The molecule has 0 amide bonds. The molecule has 2 aromatic rings. The average molecular weight is 278 g/mol. The first-order valence-corrected chi connectivity index (χ1v) is 7.04. The summed E-state index contributed by atoms with van der Waals surface area (Å²) in [5.74, 6) is 0. The molecule has 2 rings (SSSR count). The van der Waals surface area contributed by atoms with Gasteiger partial charge < -0.3 is 9.88 Å². The number of aryl methyl sites for hydroxylation is 1. The maximum atomic E-state index is 6.17. The summed E-state index contributed by atoms with van der Waals surface area (Å²) < 4.78 is 2.15. The Bertz CT molecular complexity index is 522. The minimum atomic E-state index is 0.375. The van der Waals surface area contributed by atoms with E-state index in [1.54, 1.807) is 0 Å². The van der Waals surface area contributed by atoms with Crippen LogP contribution >= 0.6 is 11.6 Å². The van der Waals surface area contributed by atoms with Crippen LogP contribution in [-0.2, 0) is 19.5 Å². The van der Waals surface area contributed by atoms with E-state index in [2.05, 4.69) is 34.8 Å². The molecule has 0 aliphatic heterocycles. The zero-order valence-electron chi connectivity index (χ0n) is 11.4. The first-order chi connectivity index (χ1) is 9.20. The van der Waals surface area contributed by atoms with Gasteiger partial charge in [0.25, 0.3) is 0 Å². The molecule has 0 aliphatic carbocycles. The smallest absolute Gasteiger partial charge is 0.0948 e. The molecule has 1 unspecified atom stereocenters. The number of aromatic nitrogens is 2. The summed E-state index contributed by atoms with van der Waals surface area (Å²) in [6.07, 6.45) is 4.72. The minimum absolute atomic E-state index is 0.375. The Morgan fingerprint density at radius 2 is 2.16 bits per heavy atom. The summed E-state index contributed by atoms with van der Waals surface area (Å²) in [5.41, 5.74) is 2.40. The predicted octanol–water partition coefficient (Wildman–Crippen LogP) is 3.28. The van der Waals surface area contributed by atoms with Crippen LogP contribution in [0.3, 0.4) is 0 Å². The molecule has 0 saturated heterocycles. The van der Waals surface area contributed by atoms with Crippen molar-refractivity contribution in [2.75, 3.05) is 0 Å². The number of hydrogen-bond acceptors (Lipinski definition) is 2. The van der Waals surface area contributed by atoms with Gasteiger partial charge in [-0.05, 0) is 31.9 Å². The van der Waals surface area contributed by atoms with Gasteiger partial charge in [-0.2, -0.15) is 0 Å². The van der Waals surface area contributed by atoms with Crippen LogP contribution in [0.15, 0.2) is 36.8 Å². The monoisotopic (exact) mass is 277 g/mol. The maximum absolute atomic E-state index is 6.17. The van der Waals surface area contributed by atoms with E-state index in [4.69, 9.17) is 11.6 Å². The van der Waals surface area contributed by atoms with E-state index in [0.717, 1.165) is 24.5 Å². The zero-order chi connectivity index (χ0) is 13.7. The van der Waals surface area contributed by atoms with Crippen LogP contribution in [-0.4, -0.2) is 15.6 Å². The third-order valence-electron chi connectivity index (χ3n) is 3.25. The zero-order valence-corrected chi connectivity index (χ0v) is 12.2. The van der Waals surface area contributed by atoms with E-state index in [-0.39, 0.29) is 0 Å². The highest BCUT2D eigenvalue weighted by molar-refractivity contribution is 6.31. The van der Waals surface area contributed by atoms with Crippen LogP contribution in [0.5, 0.6) is 0 Å². The summed E-state index contributed by atoms with van der Waals surface area (Å²) in [6.45, 7) is 6.09. The van der Waals surface area contributed by atoms with Gasteiger partial charge in [-0.1, -0.05) is 29.8 Å². The Balaban J connectivity index is 1.88. The van der Waals surface area contributed by atoms with Crippen molar-refractivity contribution < 1.29 is 0 Å². The Morgan fingerprint density at radius 3 is 2.89 bits per heavy atom. The minimum Gasteiger partial charge on any atom is -0.334 e. The van der Waals surface area contributed by atoms with Crippen LogP contribution in [0.2, 0.25) is 5.02 Å². The van der Waals surface area contributed by atoms with Crippen molar-refractivity contribution in [1.82, 2.24) is 14.9 Å². The average Bonchev–Trinajstić information content (AvgIpc) is 2.86. The Labute approximate surface area is 119 Å². The predicted molar refractivity (Wildman–Crippen MR) is 79.4 cm³/mol. The SMILES string of the molecule is CCn1cncc1CNC(C)Cc1ccccc1Cl. The molecule has 1 aromatic heterocycles. The number of hydrogen-bond donors (Lipinski definition) is 1. The number of halogens is 1. The van der Waals surface area contributed by atoms with Gasteiger partial charge in [0, 0.05) is 30.4 Å². The molecule has 1 heterocycles. The van der Waals surface area contributed by atoms with E-state index >= 15 is 0 Å². The molecule has 102 valence electrons. The first kappa shape index (κ1) is 14.1. The van der Waals surface area contributed by atoms with E-state index in [0.29, 0.717) is 6.04 Å². The highest BCUT2D eigenvalue weighted by Gasteiger charge is 2.07. The van der Waals surface area contributed by atoms with Gasteiger partial charge in [0.1, 0.15) is 0 Å². The molecular formula is C15H20ClN3. The summed E-state index contributed by atoms with van der Waals surface area (Å²) in [6, 6.07) is 8.39. The normalized spacial score (nSPS) is 12.6. The number of rotatable bonds is 6. The van der Waals surface area contributed by atoms with Gasteiger partial charge in [-0.15, -0.1) is 0 Å². The summed E-state index contributed by atoms with van der Waals surface area (Å²) >= 11 is 6.17. The van der Waals surface area contributed by atoms with E-state index in [1.165, 1.54) is 11.3 Å². The fraction of sp³-hybridized carbons (Fsp3) is 0.400. The van der Waals surface area contributed by atoms with Gasteiger partial charge in [0.05, 0.1) is 12.0 Å². The molecule has 1 atom stereocenters. The van der Waals surface area contributed by atoms with Gasteiger partial charge in [-0.3, -0.25) is 0 Å². The number of nitrogens with zero attached hydrogens (tertiary/aromatic N) is 2. The van der Waals surface area contributed by atoms with Gasteiger partial charge in [0.15, 0.2) is 0 Å². The van der Waals surface area contributed by atoms with Crippen molar-refractivity contribution in [1.29, 1.82) is 0 Å². The largest absolute Gasteiger partial charge is 0.334 e. The van der Waals surface area contributed by atoms with Crippen molar-refractivity contribution in [3.63, 3.8) is 0 Å². The second-order valence-corrected chi connectivity index (χ2v) is 5.16. The second kappa shape index (κ2) is 6.73. The first-order valence-electron chi connectivity index (χ1n) is 6.66. The molecule has 3 nitrogen and oxygen atoms in total. The fourth-order valence-electron chi connectivity index (χ4n) is 2.12. The second-order valence-electron chi connectivity index (χ2n) is 4.75. The molecule has 4 heteroatoms. The highest BCUT2D eigenvalue weighted by atomic mass is 35.5. The van der Waals surface area contributed by atoms with E-state index in [1.807, 2.05) is 30.7 Å². The number of imidazole rings is 1. The molecule has 1 aromatic carbocycles. The lowest BCUT2D eigenvalue weighted by Crippen LogP contribution is -2.28. The van der Waals surface area contributed by atoms with Gasteiger partial charge in [0.2, 0.25) is 0 Å². The van der Waals surface area contributed by atoms with Crippen LogP contribution in [0.25, 0.3) is 0 Å². The van der Waals surface area contributed by atoms with Crippen molar-refractivity contribution in [2.45, 2.75) is 39.4 Å². The quantitative estimate of drug-likeness (QED) is 0.878. The van der Waals surface area contributed by atoms with Crippen LogP contribution in [0.4, 0.5) is 0 Å². The summed E-state index contributed by atoms with van der Waals surface area (Å²) in [7, 11) is 0. The molecule has 0 aliphatic rings.